The van der Waals surface area contributed by atoms with E-state index >= 15 is 0 Å². The highest BCUT2D eigenvalue weighted by atomic mass is 19.1. The van der Waals surface area contributed by atoms with E-state index in [1.54, 1.807) is 24.3 Å². The summed E-state index contributed by atoms with van der Waals surface area (Å²) in [7, 11) is 0. The lowest BCUT2D eigenvalue weighted by atomic mass is 9.85. The van der Waals surface area contributed by atoms with Gasteiger partial charge < -0.3 is 10.6 Å². The van der Waals surface area contributed by atoms with Gasteiger partial charge in [0.2, 0.25) is 5.91 Å². The monoisotopic (exact) mass is 370 g/mol. The molecular weight excluding hydrogens is 343 g/mol. The quantitative estimate of drug-likeness (QED) is 0.793. The average Bonchev–Trinajstić information content (AvgIpc) is 2.59. The topological polar surface area (TPSA) is 58.2 Å². The molecule has 2 aromatic rings. The first-order chi connectivity index (χ1) is 12.6. The van der Waals surface area contributed by atoms with Crippen LogP contribution in [0.25, 0.3) is 0 Å². The van der Waals surface area contributed by atoms with Gasteiger partial charge in [-0.25, -0.2) is 4.39 Å². The van der Waals surface area contributed by atoms with Crippen molar-refractivity contribution in [3.8, 4) is 0 Å². The lowest BCUT2D eigenvalue weighted by Crippen LogP contribution is -2.31. The highest BCUT2D eigenvalue weighted by Crippen LogP contribution is 2.29. The van der Waals surface area contributed by atoms with E-state index < -0.39 is 0 Å². The third-order valence-electron chi connectivity index (χ3n) is 4.15. The average molecular weight is 370 g/mol. The van der Waals surface area contributed by atoms with Crippen molar-refractivity contribution >= 4 is 11.8 Å². The number of amides is 2. The molecule has 0 unspecified atom stereocenters. The van der Waals surface area contributed by atoms with Crippen molar-refractivity contribution < 1.29 is 14.0 Å². The van der Waals surface area contributed by atoms with Crippen molar-refractivity contribution in [1.29, 1.82) is 0 Å². The number of hydrogen-bond donors (Lipinski definition) is 2. The van der Waals surface area contributed by atoms with Crippen molar-refractivity contribution in [1.82, 2.24) is 10.6 Å². The normalized spacial score (nSPS) is 12.3. The molecule has 0 saturated heterocycles. The highest BCUT2D eigenvalue weighted by molar-refractivity contribution is 5.94. The van der Waals surface area contributed by atoms with E-state index in [9.17, 15) is 14.0 Å². The van der Waals surface area contributed by atoms with Gasteiger partial charge in [0.1, 0.15) is 5.82 Å². The highest BCUT2D eigenvalue weighted by Gasteiger charge is 2.22. The second-order valence-corrected chi connectivity index (χ2v) is 7.95. The maximum absolute atomic E-state index is 13.3. The minimum atomic E-state index is -0.297. The van der Waals surface area contributed by atoms with Crippen LogP contribution in [0.3, 0.4) is 0 Å². The van der Waals surface area contributed by atoms with E-state index in [4.69, 9.17) is 0 Å². The largest absolute Gasteiger partial charge is 0.352 e. The van der Waals surface area contributed by atoms with Gasteiger partial charge in [-0.3, -0.25) is 9.59 Å². The van der Waals surface area contributed by atoms with Gasteiger partial charge >= 0.3 is 0 Å². The molecule has 27 heavy (non-hydrogen) atoms. The zero-order chi connectivity index (χ0) is 20.0. The molecular formula is C22H27FN2O2. The van der Waals surface area contributed by atoms with Crippen LogP contribution in [0.15, 0.2) is 48.5 Å². The van der Waals surface area contributed by atoms with Gasteiger partial charge in [0, 0.05) is 19.0 Å². The molecule has 0 saturated carbocycles. The Labute approximate surface area is 160 Å². The van der Waals surface area contributed by atoms with E-state index in [-0.39, 0.29) is 29.1 Å². The van der Waals surface area contributed by atoms with Crippen LogP contribution in [0, 0.1) is 11.2 Å². The summed E-state index contributed by atoms with van der Waals surface area (Å²) in [5.74, 6) is -0.574. The van der Waals surface area contributed by atoms with Gasteiger partial charge in [0.05, 0.1) is 6.04 Å². The molecule has 0 aliphatic heterocycles. The van der Waals surface area contributed by atoms with Gasteiger partial charge in [-0.15, -0.1) is 0 Å². The van der Waals surface area contributed by atoms with Crippen LogP contribution in [-0.4, -0.2) is 11.8 Å². The first-order valence-electron chi connectivity index (χ1n) is 9.04. The van der Waals surface area contributed by atoms with Crippen molar-refractivity contribution in [2.24, 2.45) is 5.41 Å². The summed E-state index contributed by atoms with van der Waals surface area (Å²) < 4.78 is 13.3. The molecule has 1 atom stereocenters. The van der Waals surface area contributed by atoms with E-state index in [1.807, 2.05) is 12.1 Å². The minimum absolute atomic E-state index is 0.00541. The fourth-order valence-corrected chi connectivity index (χ4v) is 2.80. The maximum atomic E-state index is 13.3. The number of hydrogen-bond acceptors (Lipinski definition) is 2. The van der Waals surface area contributed by atoms with E-state index in [1.165, 1.54) is 19.1 Å². The Morgan fingerprint density at radius 1 is 1.00 bits per heavy atom. The number of rotatable bonds is 6. The van der Waals surface area contributed by atoms with Crippen LogP contribution >= 0.6 is 0 Å². The molecule has 2 rings (SSSR count). The van der Waals surface area contributed by atoms with Gasteiger partial charge in [-0.1, -0.05) is 45.0 Å². The van der Waals surface area contributed by atoms with Crippen molar-refractivity contribution in [2.45, 2.75) is 46.7 Å². The van der Waals surface area contributed by atoms with Crippen LogP contribution in [0.1, 0.15) is 61.6 Å². The molecule has 2 N–H and O–H groups in total. The number of benzene rings is 2. The minimum Gasteiger partial charge on any atom is -0.352 e. The number of carbonyl (C=O) groups is 2. The summed E-state index contributed by atoms with van der Waals surface area (Å²) in [6.45, 7) is 8.21. The van der Waals surface area contributed by atoms with Gasteiger partial charge in [-0.05, 0) is 47.2 Å². The second-order valence-electron chi connectivity index (χ2n) is 7.95. The summed E-state index contributed by atoms with van der Waals surface area (Å²) in [6.07, 6.45) is 0.727. The molecule has 144 valence electrons. The Kier molecular flexibility index (Phi) is 6.72. The first kappa shape index (κ1) is 20.6. The van der Waals surface area contributed by atoms with Crippen LogP contribution in [0.4, 0.5) is 4.39 Å². The maximum Gasteiger partial charge on any atom is 0.251 e. The molecule has 2 amide bonds. The van der Waals surface area contributed by atoms with Crippen LogP contribution in [0.5, 0.6) is 0 Å². The summed E-state index contributed by atoms with van der Waals surface area (Å²) in [6, 6.07) is 13.2. The summed E-state index contributed by atoms with van der Waals surface area (Å²) >= 11 is 0. The SMILES string of the molecule is CC(=O)NCc1ccc(C(=O)N[C@@H](CC(C)(C)C)c2ccc(F)cc2)cc1. The fraction of sp³-hybridized carbons (Fsp3) is 0.364. The van der Waals surface area contributed by atoms with Crippen molar-refractivity contribution in [3.05, 3.63) is 71.0 Å². The molecule has 4 nitrogen and oxygen atoms in total. The Balaban J connectivity index is 2.12. The van der Waals surface area contributed by atoms with Crippen LogP contribution < -0.4 is 10.6 Å². The van der Waals surface area contributed by atoms with Crippen LogP contribution in [0.2, 0.25) is 0 Å². The molecule has 0 bridgehead atoms. The van der Waals surface area contributed by atoms with Gasteiger partial charge in [0.15, 0.2) is 0 Å². The zero-order valence-electron chi connectivity index (χ0n) is 16.3. The second kappa shape index (κ2) is 8.80. The molecule has 0 aliphatic rings. The number of carbonyl (C=O) groups excluding carboxylic acids is 2. The van der Waals surface area contributed by atoms with E-state index in [0.29, 0.717) is 12.1 Å². The Morgan fingerprint density at radius 3 is 2.11 bits per heavy atom. The standard InChI is InChI=1S/C22H27FN2O2/c1-15(26)24-14-16-5-7-18(8-6-16)21(27)25-20(13-22(2,3)4)17-9-11-19(23)12-10-17/h5-12,20H,13-14H2,1-4H3,(H,24,26)(H,25,27)/t20-/m0/s1. The summed E-state index contributed by atoms with van der Waals surface area (Å²) in [5, 5.41) is 5.79. The molecule has 0 heterocycles. The number of nitrogens with one attached hydrogen (secondary N) is 2. The van der Waals surface area contributed by atoms with E-state index in [0.717, 1.165) is 17.5 Å². The smallest absolute Gasteiger partial charge is 0.251 e. The third-order valence-corrected chi connectivity index (χ3v) is 4.15. The van der Waals surface area contributed by atoms with Crippen molar-refractivity contribution in [2.75, 3.05) is 0 Å². The lowest BCUT2D eigenvalue weighted by molar-refractivity contribution is -0.119. The Bertz CT molecular complexity index is 777. The fourth-order valence-electron chi connectivity index (χ4n) is 2.80. The molecule has 0 fully saturated rings. The molecule has 0 spiro atoms. The first-order valence-corrected chi connectivity index (χ1v) is 9.04. The lowest BCUT2D eigenvalue weighted by Gasteiger charge is -2.27. The summed E-state index contributed by atoms with van der Waals surface area (Å²) in [5.41, 5.74) is 2.34. The number of halogens is 1. The Morgan fingerprint density at radius 2 is 1.59 bits per heavy atom. The third kappa shape index (κ3) is 6.85. The molecule has 2 aromatic carbocycles. The zero-order valence-corrected chi connectivity index (χ0v) is 16.3. The van der Waals surface area contributed by atoms with Crippen molar-refractivity contribution in [3.63, 3.8) is 0 Å². The molecule has 0 radical (unpaired) electrons. The molecule has 0 aromatic heterocycles. The predicted octanol–water partition coefficient (Wildman–Crippen LogP) is 4.37. The molecule has 5 heteroatoms. The van der Waals surface area contributed by atoms with Crippen LogP contribution in [-0.2, 0) is 11.3 Å². The predicted molar refractivity (Wildman–Crippen MR) is 105 cm³/mol. The van der Waals surface area contributed by atoms with E-state index in [2.05, 4.69) is 31.4 Å². The summed E-state index contributed by atoms with van der Waals surface area (Å²) in [4.78, 5) is 23.7. The van der Waals surface area contributed by atoms with Gasteiger partial charge in [0.25, 0.3) is 5.91 Å². The van der Waals surface area contributed by atoms with Gasteiger partial charge in [-0.2, -0.15) is 0 Å². The Hall–Kier alpha value is -2.69. The molecule has 0 aliphatic carbocycles.